The number of nitrogens with two attached hydrogens (primary N) is 2. The van der Waals surface area contributed by atoms with Gasteiger partial charge >= 0.3 is 23.9 Å². The number of benzene rings is 3. The Hall–Kier alpha value is -4.80. The minimum Gasteiger partial charge on any atom is -0.480 e. The topological polar surface area (TPSA) is 179 Å². The number of unbranched alkanes of at least 4 members (excludes halogenated alkanes) is 3. The number of esters is 2. The molecule has 10 heteroatoms. The molecule has 2 atom stereocenters. The molecular weight excluding hydrogens is 564 g/mol. The summed E-state index contributed by atoms with van der Waals surface area (Å²) >= 11 is 0. The van der Waals surface area contributed by atoms with E-state index in [0.29, 0.717) is 42.4 Å². The van der Waals surface area contributed by atoms with Crippen molar-refractivity contribution in [2.24, 2.45) is 16.9 Å². The summed E-state index contributed by atoms with van der Waals surface area (Å²) in [7, 11) is 1.29. The van der Waals surface area contributed by atoms with E-state index >= 15 is 0 Å². The smallest absolute Gasteiger partial charge is 0.338 e. The first-order valence-corrected chi connectivity index (χ1v) is 14.2. The van der Waals surface area contributed by atoms with E-state index in [2.05, 4.69) is 4.74 Å². The van der Waals surface area contributed by atoms with Gasteiger partial charge in [0.15, 0.2) is 0 Å². The Balaban J connectivity index is 1.65. The summed E-state index contributed by atoms with van der Waals surface area (Å²) in [5.41, 5.74) is 10.7. The highest BCUT2D eigenvalue weighted by Gasteiger charge is 2.65. The van der Waals surface area contributed by atoms with E-state index in [9.17, 15) is 29.4 Å². The lowest BCUT2D eigenvalue weighted by Crippen LogP contribution is -2.65. The minimum atomic E-state index is -2.57. The second-order valence-corrected chi connectivity index (χ2v) is 10.4. The largest absolute Gasteiger partial charge is 0.480 e. The number of ether oxygens (including phenoxy) is 2. The number of rotatable bonds is 16. The zero-order valence-corrected chi connectivity index (χ0v) is 24.6. The molecule has 2 unspecified atom stereocenters. The molecule has 10 nitrogen and oxygen atoms in total. The highest BCUT2D eigenvalue weighted by molar-refractivity contribution is 6.01. The van der Waals surface area contributed by atoms with Crippen LogP contribution in [-0.2, 0) is 29.4 Å². The fraction of sp³-hybridized carbons (Fsp3) is 0.294. The van der Waals surface area contributed by atoms with Gasteiger partial charge in [0.2, 0.25) is 5.41 Å². The molecule has 3 aromatic carbocycles. The number of hydrogen-bond acceptors (Lipinski definition) is 8. The van der Waals surface area contributed by atoms with E-state index in [0.717, 1.165) is 5.56 Å². The van der Waals surface area contributed by atoms with Gasteiger partial charge in [0.25, 0.3) is 0 Å². The van der Waals surface area contributed by atoms with E-state index in [1.54, 1.807) is 91.0 Å². The molecule has 0 bridgehead atoms. The molecule has 0 fully saturated rings. The Morgan fingerprint density at radius 3 is 1.95 bits per heavy atom. The van der Waals surface area contributed by atoms with Gasteiger partial charge in [-0.2, -0.15) is 0 Å². The molecule has 0 spiro atoms. The average Bonchev–Trinajstić information content (AvgIpc) is 3.03. The molecule has 0 saturated heterocycles. The van der Waals surface area contributed by atoms with E-state index in [-0.39, 0.29) is 13.0 Å². The standard InChI is InChI=1S/C34H38N2O8/c1-43-28(37)21-18-24-16-19-26(20-17-24)30(38)44-23-11-3-2-10-22-33(36,27-14-8-5-9-15-27)34(31(39)40,32(41)42)29(35)25-12-6-4-7-13-25/h4-9,12-21,29H,2-3,10-11,22-23,35-36H2,1H3,(H,39,40)(H,41,42). The molecule has 0 aliphatic rings. The van der Waals surface area contributed by atoms with Crippen LogP contribution in [0.15, 0.2) is 91.0 Å². The number of carboxylic acids is 2. The maximum Gasteiger partial charge on any atom is 0.338 e. The minimum absolute atomic E-state index is 0.0344. The van der Waals surface area contributed by atoms with Crippen LogP contribution in [0.1, 0.15) is 65.2 Å². The van der Waals surface area contributed by atoms with Crippen molar-refractivity contribution in [1.29, 1.82) is 0 Å². The third-order valence-electron chi connectivity index (χ3n) is 7.75. The van der Waals surface area contributed by atoms with Crippen LogP contribution in [0.25, 0.3) is 6.08 Å². The molecule has 3 rings (SSSR count). The zero-order valence-electron chi connectivity index (χ0n) is 24.6. The van der Waals surface area contributed by atoms with E-state index in [1.165, 1.54) is 13.2 Å². The van der Waals surface area contributed by atoms with Gasteiger partial charge in [-0.15, -0.1) is 0 Å². The molecule has 0 aromatic heterocycles. The molecule has 232 valence electrons. The molecule has 0 heterocycles. The monoisotopic (exact) mass is 602 g/mol. The van der Waals surface area contributed by atoms with Gasteiger partial charge < -0.3 is 31.2 Å². The second-order valence-electron chi connectivity index (χ2n) is 10.4. The molecule has 6 N–H and O–H groups in total. The number of carboxylic acid groups (broad SMARTS) is 2. The quantitative estimate of drug-likeness (QED) is 0.0778. The second kappa shape index (κ2) is 15.6. The lowest BCUT2D eigenvalue weighted by molar-refractivity contribution is -0.174. The summed E-state index contributed by atoms with van der Waals surface area (Å²) in [6.45, 7) is 0.169. The first kappa shape index (κ1) is 33.7. The van der Waals surface area contributed by atoms with Crippen LogP contribution < -0.4 is 11.5 Å². The highest BCUT2D eigenvalue weighted by atomic mass is 16.5. The molecule has 44 heavy (non-hydrogen) atoms. The summed E-state index contributed by atoms with van der Waals surface area (Å²) in [4.78, 5) is 49.5. The normalized spacial score (nSPS) is 13.5. The number of methoxy groups -OCH3 is 1. The van der Waals surface area contributed by atoms with Crippen molar-refractivity contribution in [1.82, 2.24) is 0 Å². The Labute approximate surface area is 256 Å². The highest BCUT2D eigenvalue weighted by Crippen LogP contribution is 2.49. The first-order valence-electron chi connectivity index (χ1n) is 14.2. The molecular formula is C34H38N2O8. The van der Waals surface area contributed by atoms with Crippen molar-refractivity contribution >= 4 is 30.0 Å². The van der Waals surface area contributed by atoms with Crippen LogP contribution in [0.3, 0.4) is 0 Å². The van der Waals surface area contributed by atoms with Crippen LogP contribution in [-0.4, -0.2) is 47.8 Å². The Kier molecular flexibility index (Phi) is 12.0. The van der Waals surface area contributed by atoms with Gasteiger partial charge in [-0.05, 0) is 47.7 Å². The summed E-state index contributed by atoms with van der Waals surface area (Å²) in [6, 6.07) is 21.7. The average molecular weight is 603 g/mol. The fourth-order valence-electron chi connectivity index (χ4n) is 5.30. The molecule has 0 aliphatic carbocycles. The third kappa shape index (κ3) is 7.58. The molecule has 0 radical (unpaired) electrons. The Morgan fingerprint density at radius 1 is 0.818 bits per heavy atom. The van der Waals surface area contributed by atoms with Crippen molar-refractivity contribution in [3.05, 3.63) is 113 Å². The number of aliphatic carboxylic acids is 2. The van der Waals surface area contributed by atoms with Crippen molar-refractivity contribution < 1.29 is 38.9 Å². The van der Waals surface area contributed by atoms with Gasteiger partial charge in [0.05, 0.1) is 30.9 Å². The molecule has 3 aromatic rings. The lowest BCUT2D eigenvalue weighted by Gasteiger charge is -2.46. The maximum absolute atomic E-state index is 12.9. The van der Waals surface area contributed by atoms with Gasteiger partial charge in [-0.1, -0.05) is 92.1 Å². The number of carbonyl (C=O) groups is 4. The van der Waals surface area contributed by atoms with Crippen molar-refractivity contribution in [3.63, 3.8) is 0 Å². The predicted octanol–water partition coefficient (Wildman–Crippen LogP) is 4.69. The summed E-state index contributed by atoms with van der Waals surface area (Å²) in [6.07, 6.45) is 5.05. The molecule has 0 aliphatic heterocycles. The predicted molar refractivity (Wildman–Crippen MR) is 164 cm³/mol. The van der Waals surface area contributed by atoms with E-state index in [4.69, 9.17) is 16.2 Å². The van der Waals surface area contributed by atoms with Crippen molar-refractivity contribution in [3.8, 4) is 0 Å². The number of carbonyl (C=O) groups excluding carboxylic acids is 2. The van der Waals surface area contributed by atoms with E-state index in [1.807, 2.05) is 0 Å². The third-order valence-corrected chi connectivity index (χ3v) is 7.75. The van der Waals surface area contributed by atoms with E-state index < -0.39 is 40.9 Å². The van der Waals surface area contributed by atoms with Gasteiger partial charge in [-0.25, -0.2) is 9.59 Å². The summed E-state index contributed by atoms with van der Waals surface area (Å²) in [5.74, 6) is -4.20. The Bertz CT molecular complexity index is 1430. The van der Waals surface area contributed by atoms with Crippen molar-refractivity contribution in [2.45, 2.75) is 43.7 Å². The van der Waals surface area contributed by atoms with Crippen molar-refractivity contribution in [2.75, 3.05) is 13.7 Å². The molecule has 0 amide bonds. The van der Waals surface area contributed by atoms with Crippen LogP contribution in [0.2, 0.25) is 0 Å². The number of hydrogen-bond donors (Lipinski definition) is 4. The summed E-state index contributed by atoms with van der Waals surface area (Å²) < 4.78 is 9.92. The summed E-state index contributed by atoms with van der Waals surface area (Å²) in [5, 5.41) is 21.0. The van der Waals surface area contributed by atoms with Gasteiger partial charge in [-0.3, -0.25) is 9.59 Å². The van der Waals surface area contributed by atoms with Crippen LogP contribution in [0, 0.1) is 5.41 Å². The Morgan fingerprint density at radius 2 is 1.39 bits per heavy atom. The zero-order chi connectivity index (χ0) is 32.2. The van der Waals surface area contributed by atoms with Crippen LogP contribution >= 0.6 is 0 Å². The molecule has 0 saturated carbocycles. The SMILES string of the molecule is COC(=O)C=Cc1ccc(C(=O)OCCCCCCC(N)(c2ccccc2)C(C(=O)O)(C(=O)O)C(N)c2ccccc2)cc1. The maximum atomic E-state index is 12.9. The lowest BCUT2D eigenvalue weighted by atomic mass is 9.59. The van der Waals surface area contributed by atoms with Gasteiger partial charge in [0, 0.05) is 6.08 Å². The van der Waals surface area contributed by atoms with Gasteiger partial charge in [0.1, 0.15) is 0 Å². The van der Waals surface area contributed by atoms with Crippen LogP contribution in [0.5, 0.6) is 0 Å². The van der Waals surface area contributed by atoms with Crippen LogP contribution in [0.4, 0.5) is 0 Å². The first-order chi connectivity index (χ1) is 21.1. The fourth-order valence-corrected chi connectivity index (χ4v) is 5.30.